The van der Waals surface area contributed by atoms with Crippen LogP contribution in [0, 0.1) is 6.92 Å². The molecule has 1 aliphatic heterocycles. The van der Waals surface area contributed by atoms with Crippen molar-refractivity contribution in [2.75, 3.05) is 18.0 Å². The van der Waals surface area contributed by atoms with Gasteiger partial charge in [-0.2, -0.15) is 0 Å². The monoisotopic (exact) mass is 344 g/mol. The highest BCUT2D eigenvalue weighted by Gasteiger charge is 2.21. The fourth-order valence-corrected chi connectivity index (χ4v) is 3.36. The van der Waals surface area contributed by atoms with Crippen molar-refractivity contribution in [2.45, 2.75) is 25.8 Å². The zero-order chi connectivity index (χ0) is 16.9. The standard InChI is InChI=1S/C17H20N4O2S/c1-12-11-16(23)20-17(18-12)21-8-6-13(7-9-21)19-15(22)5-4-14-3-2-10-24-14/h2-5,10-11,13H,6-9H2,1H3,(H,19,22)(H,18,20,23)/b5-4+. The summed E-state index contributed by atoms with van der Waals surface area (Å²) in [5, 5.41) is 5.02. The fourth-order valence-electron chi connectivity index (χ4n) is 2.74. The molecule has 0 aromatic carbocycles. The Kier molecular flexibility index (Phi) is 5.10. The first-order valence-electron chi connectivity index (χ1n) is 7.95. The molecule has 0 saturated carbocycles. The number of thiophene rings is 1. The van der Waals surface area contributed by atoms with Gasteiger partial charge in [0.1, 0.15) is 0 Å². The molecule has 126 valence electrons. The Morgan fingerprint density at radius 2 is 2.25 bits per heavy atom. The number of aryl methyl sites for hydroxylation is 1. The molecule has 7 heteroatoms. The number of H-pyrrole nitrogens is 1. The van der Waals surface area contributed by atoms with Gasteiger partial charge in [-0.25, -0.2) is 4.98 Å². The van der Waals surface area contributed by atoms with Crippen molar-refractivity contribution in [2.24, 2.45) is 0 Å². The van der Waals surface area contributed by atoms with Crippen LogP contribution < -0.4 is 15.8 Å². The maximum Gasteiger partial charge on any atom is 0.252 e. The highest BCUT2D eigenvalue weighted by atomic mass is 32.1. The third kappa shape index (κ3) is 4.32. The van der Waals surface area contributed by atoms with E-state index in [1.165, 1.54) is 6.07 Å². The van der Waals surface area contributed by atoms with Crippen LogP contribution in [0.25, 0.3) is 6.08 Å². The fraction of sp³-hybridized carbons (Fsp3) is 0.353. The molecule has 3 rings (SSSR count). The molecule has 24 heavy (non-hydrogen) atoms. The van der Waals surface area contributed by atoms with Crippen molar-refractivity contribution in [1.29, 1.82) is 0 Å². The Labute approximate surface area is 144 Å². The van der Waals surface area contributed by atoms with Crippen LogP contribution in [0.3, 0.4) is 0 Å². The minimum absolute atomic E-state index is 0.0658. The van der Waals surface area contributed by atoms with Gasteiger partial charge in [0.25, 0.3) is 5.56 Å². The van der Waals surface area contributed by atoms with Gasteiger partial charge in [-0.15, -0.1) is 11.3 Å². The number of anilines is 1. The molecule has 0 unspecified atom stereocenters. The Morgan fingerprint density at radius 3 is 2.92 bits per heavy atom. The second-order valence-corrected chi connectivity index (χ2v) is 6.81. The largest absolute Gasteiger partial charge is 0.350 e. The van der Waals surface area contributed by atoms with Gasteiger partial charge in [0, 0.05) is 41.8 Å². The molecular formula is C17H20N4O2S. The van der Waals surface area contributed by atoms with Gasteiger partial charge in [0.2, 0.25) is 11.9 Å². The molecule has 0 aliphatic carbocycles. The van der Waals surface area contributed by atoms with E-state index in [0.29, 0.717) is 11.6 Å². The minimum Gasteiger partial charge on any atom is -0.350 e. The number of hydrogen-bond donors (Lipinski definition) is 2. The number of carbonyl (C=O) groups is 1. The number of rotatable bonds is 4. The first-order valence-corrected chi connectivity index (χ1v) is 8.83. The number of carbonyl (C=O) groups excluding carboxylic acids is 1. The maximum atomic E-state index is 12.0. The average molecular weight is 344 g/mol. The number of piperidine rings is 1. The van der Waals surface area contributed by atoms with E-state index in [0.717, 1.165) is 30.8 Å². The predicted octanol–water partition coefficient (Wildman–Crippen LogP) is 1.94. The number of aromatic nitrogens is 2. The van der Waals surface area contributed by atoms with Crippen LogP contribution in [0.4, 0.5) is 5.95 Å². The lowest BCUT2D eigenvalue weighted by Crippen LogP contribution is -2.45. The summed E-state index contributed by atoms with van der Waals surface area (Å²) in [5.41, 5.74) is 0.578. The quantitative estimate of drug-likeness (QED) is 0.831. The summed E-state index contributed by atoms with van der Waals surface area (Å²) >= 11 is 1.60. The second kappa shape index (κ2) is 7.44. The van der Waals surface area contributed by atoms with Crippen molar-refractivity contribution in [3.05, 3.63) is 50.6 Å². The van der Waals surface area contributed by atoms with Gasteiger partial charge in [0.15, 0.2) is 0 Å². The summed E-state index contributed by atoms with van der Waals surface area (Å²) in [6.07, 6.45) is 5.07. The van der Waals surface area contributed by atoms with E-state index in [9.17, 15) is 9.59 Å². The summed E-state index contributed by atoms with van der Waals surface area (Å²) in [6.45, 7) is 3.32. The molecule has 3 heterocycles. The molecular weight excluding hydrogens is 324 g/mol. The van der Waals surface area contributed by atoms with Crippen LogP contribution in [0.5, 0.6) is 0 Å². The van der Waals surface area contributed by atoms with Gasteiger partial charge in [-0.3, -0.25) is 14.6 Å². The van der Waals surface area contributed by atoms with E-state index in [1.807, 2.05) is 30.5 Å². The van der Waals surface area contributed by atoms with Crippen LogP contribution in [-0.2, 0) is 4.79 Å². The predicted molar refractivity (Wildman–Crippen MR) is 96.3 cm³/mol. The first-order chi connectivity index (χ1) is 11.6. The van der Waals surface area contributed by atoms with E-state index < -0.39 is 0 Å². The molecule has 2 aromatic heterocycles. The number of amides is 1. The molecule has 1 aliphatic rings. The lowest BCUT2D eigenvalue weighted by atomic mass is 10.1. The maximum absolute atomic E-state index is 12.0. The van der Waals surface area contributed by atoms with Crippen molar-refractivity contribution in [3.63, 3.8) is 0 Å². The molecule has 0 bridgehead atoms. The first kappa shape index (κ1) is 16.4. The smallest absolute Gasteiger partial charge is 0.252 e. The summed E-state index contributed by atoms with van der Waals surface area (Å²) in [6, 6.07) is 5.57. The van der Waals surface area contributed by atoms with Gasteiger partial charge in [0.05, 0.1) is 0 Å². The van der Waals surface area contributed by atoms with Crippen LogP contribution in [0.15, 0.2) is 34.4 Å². The topological polar surface area (TPSA) is 78.1 Å². The highest BCUT2D eigenvalue weighted by molar-refractivity contribution is 7.10. The Bertz CT molecular complexity index is 774. The van der Waals surface area contributed by atoms with Gasteiger partial charge < -0.3 is 10.2 Å². The van der Waals surface area contributed by atoms with E-state index in [4.69, 9.17) is 0 Å². The normalized spacial score (nSPS) is 15.8. The zero-order valence-electron chi connectivity index (χ0n) is 13.5. The summed E-state index contributed by atoms with van der Waals surface area (Å²) < 4.78 is 0. The molecule has 2 aromatic rings. The third-order valence-electron chi connectivity index (χ3n) is 3.94. The number of nitrogens with one attached hydrogen (secondary N) is 2. The Balaban J connectivity index is 1.51. The molecule has 2 N–H and O–H groups in total. The summed E-state index contributed by atoms with van der Waals surface area (Å²) in [4.78, 5) is 33.8. The molecule has 0 radical (unpaired) electrons. The SMILES string of the molecule is Cc1cc(=O)[nH]c(N2CCC(NC(=O)/C=C/c3cccs3)CC2)n1. The molecule has 6 nitrogen and oxygen atoms in total. The molecule has 0 spiro atoms. The van der Waals surface area contributed by atoms with Crippen molar-refractivity contribution in [1.82, 2.24) is 15.3 Å². The minimum atomic E-state index is -0.133. The number of aromatic amines is 1. The highest BCUT2D eigenvalue weighted by Crippen LogP contribution is 2.15. The summed E-state index contributed by atoms with van der Waals surface area (Å²) in [7, 11) is 0. The number of nitrogens with zero attached hydrogens (tertiary/aromatic N) is 2. The Morgan fingerprint density at radius 1 is 1.46 bits per heavy atom. The molecule has 1 saturated heterocycles. The lowest BCUT2D eigenvalue weighted by Gasteiger charge is -2.32. The average Bonchev–Trinajstić information content (AvgIpc) is 3.06. The van der Waals surface area contributed by atoms with Crippen LogP contribution in [0.1, 0.15) is 23.4 Å². The van der Waals surface area contributed by atoms with Crippen LogP contribution in [0.2, 0.25) is 0 Å². The molecule has 1 amide bonds. The van der Waals surface area contributed by atoms with Crippen molar-refractivity contribution >= 4 is 29.3 Å². The van der Waals surface area contributed by atoms with E-state index in [2.05, 4.69) is 20.2 Å². The van der Waals surface area contributed by atoms with Crippen molar-refractivity contribution in [3.8, 4) is 0 Å². The van der Waals surface area contributed by atoms with Crippen LogP contribution in [-0.4, -0.2) is 35.0 Å². The second-order valence-electron chi connectivity index (χ2n) is 5.83. The summed E-state index contributed by atoms with van der Waals surface area (Å²) in [5.74, 6) is 0.548. The zero-order valence-corrected chi connectivity index (χ0v) is 14.3. The third-order valence-corrected chi connectivity index (χ3v) is 4.78. The van der Waals surface area contributed by atoms with Gasteiger partial charge in [-0.05, 0) is 37.3 Å². The van der Waals surface area contributed by atoms with Crippen LogP contribution >= 0.6 is 11.3 Å². The van der Waals surface area contributed by atoms with Gasteiger partial charge >= 0.3 is 0 Å². The van der Waals surface area contributed by atoms with Crippen molar-refractivity contribution < 1.29 is 4.79 Å². The van der Waals surface area contributed by atoms with E-state index >= 15 is 0 Å². The molecule has 1 fully saturated rings. The number of hydrogen-bond acceptors (Lipinski definition) is 5. The van der Waals surface area contributed by atoms with E-state index in [-0.39, 0.29) is 17.5 Å². The van der Waals surface area contributed by atoms with Gasteiger partial charge in [-0.1, -0.05) is 6.07 Å². The Hall–Kier alpha value is -2.41. The molecule has 0 atom stereocenters. The lowest BCUT2D eigenvalue weighted by molar-refractivity contribution is -0.117. The van der Waals surface area contributed by atoms with E-state index in [1.54, 1.807) is 17.4 Å².